The Morgan fingerprint density at radius 1 is 1.14 bits per heavy atom. The van der Waals surface area contributed by atoms with Gasteiger partial charge in [-0.3, -0.25) is 4.79 Å². The number of piperazine rings is 1. The van der Waals surface area contributed by atoms with E-state index in [0.29, 0.717) is 0 Å². The largest absolute Gasteiger partial charge is 0.494 e. The predicted molar refractivity (Wildman–Crippen MR) is 89.4 cm³/mol. The third-order valence-corrected chi connectivity index (χ3v) is 3.97. The highest BCUT2D eigenvalue weighted by Crippen LogP contribution is 2.15. The lowest BCUT2D eigenvalue weighted by Crippen LogP contribution is -2.46. The number of rotatable bonds is 7. The number of likely N-dealkylation sites (N-methyl/N-ethyl adjacent to an activating group) is 1. The highest BCUT2D eigenvalue weighted by atomic mass is 16.5. The van der Waals surface area contributed by atoms with Gasteiger partial charge in [-0.15, -0.1) is 0 Å². The SMILES string of the molecule is CCN1CCN(CCCOc2ccc(NC(C)=O)cc2)CC1. The second kappa shape index (κ2) is 8.76. The van der Waals surface area contributed by atoms with Crippen LogP contribution in [0, 0.1) is 0 Å². The van der Waals surface area contributed by atoms with Gasteiger partial charge >= 0.3 is 0 Å². The maximum atomic E-state index is 10.9. The van der Waals surface area contributed by atoms with E-state index in [4.69, 9.17) is 4.74 Å². The number of benzene rings is 1. The van der Waals surface area contributed by atoms with Crippen LogP contribution in [0.2, 0.25) is 0 Å². The van der Waals surface area contributed by atoms with Gasteiger partial charge in [-0.05, 0) is 37.2 Å². The standard InChI is InChI=1S/C17H27N3O2/c1-3-19-10-12-20(13-11-19)9-4-14-22-17-7-5-16(6-8-17)18-15(2)21/h5-8H,3-4,9-14H2,1-2H3,(H,18,21). The van der Waals surface area contributed by atoms with Crippen molar-refractivity contribution >= 4 is 11.6 Å². The maximum absolute atomic E-state index is 10.9. The smallest absolute Gasteiger partial charge is 0.221 e. The molecule has 0 unspecified atom stereocenters. The van der Waals surface area contributed by atoms with Gasteiger partial charge in [-0.2, -0.15) is 0 Å². The molecule has 1 saturated heterocycles. The summed E-state index contributed by atoms with van der Waals surface area (Å²) in [6.07, 6.45) is 1.04. The molecule has 1 fully saturated rings. The van der Waals surface area contributed by atoms with Crippen molar-refractivity contribution in [3.05, 3.63) is 24.3 Å². The minimum absolute atomic E-state index is 0.0585. The third kappa shape index (κ3) is 5.66. The fourth-order valence-electron chi connectivity index (χ4n) is 2.65. The van der Waals surface area contributed by atoms with E-state index in [1.54, 1.807) is 0 Å². The van der Waals surface area contributed by atoms with Gasteiger partial charge < -0.3 is 19.9 Å². The van der Waals surface area contributed by atoms with E-state index in [0.717, 1.165) is 37.6 Å². The fourth-order valence-corrected chi connectivity index (χ4v) is 2.65. The summed E-state index contributed by atoms with van der Waals surface area (Å²) in [6.45, 7) is 11.4. The summed E-state index contributed by atoms with van der Waals surface area (Å²) in [5.74, 6) is 0.793. The molecule has 5 heteroatoms. The average Bonchev–Trinajstić information content (AvgIpc) is 2.53. The van der Waals surface area contributed by atoms with Gasteiger partial charge in [-0.1, -0.05) is 6.92 Å². The number of anilines is 1. The van der Waals surface area contributed by atoms with Gasteiger partial charge in [0.05, 0.1) is 6.61 Å². The molecule has 1 aromatic carbocycles. The molecular weight excluding hydrogens is 278 g/mol. The first-order chi connectivity index (χ1) is 10.7. The first-order valence-electron chi connectivity index (χ1n) is 8.12. The van der Waals surface area contributed by atoms with Crippen molar-refractivity contribution < 1.29 is 9.53 Å². The average molecular weight is 305 g/mol. The highest BCUT2D eigenvalue weighted by molar-refractivity contribution is 5.88. The van der Waals surface area contributed by atoms with Crippen LogP contribution in [0.1, 0.15) is 20.3 Å². The van der Waals surface area contributed by atoms with E-state index in [9.17, 15) is 4.79 Å². The molecule has 1 aliphatic heterocycles. The molecule has 2 rings (SSSR count). The van der Waals surface area contributed by atoms with Crippen LogP contribution >= 0.6 is 0 Å². The molecule has 1 aliphatic rings. The number of nitrogens with zero attached hydrogens (tertiary/aromatic N) is 2. The number of nitrogens with one attached hydrogen (secondary N) is 1. The molecule has 1 N–H and O–H groups in total. The summed E-state index contributed by atoms with van der Waals surface area (Å²) in [5, 5.41) is 2.75. The minimum atomic E-state index is -0.0585. The van der Waals surface area contributed by atoms with E-state index in [-0.39, 0.29) is 5.91 Å². The summed E-state index contributed by atoms with van der Waals surface area (Å²) in [5.41, 5.74) is 0.800. The van der Waals surface area contributed by atoms with Crippen molar-refractivity contribution in [1.82, 2.24) is 9.80 Å². The van der Waals surface area contributed by atoms with E-state index >= 15 is 0 Å². The van der Waals surface area contributed by atoms with E-state index in [1.807, 2.05) is 24.3 Å². The lowest BCUT2D eigenvalue weighted by Gasteiger charge is -2.33. The summed E-state index contributed by atoms with van der Waals surface area (Å²) in [6, 6.07) is 7.51. The molecule has 0 atom stereocenters. The van der Waals surface area contributed by atoms with Crippen molar-refractivity contribution in [3.63, 3.8) is 0 Å². The van der Waals surface area contributed by atoms with Crippen LogP contribution in [0.15, 0.2) is 24.3 Å². The summed E-state index contributed by atoms with van der Waals surface area (Å²) in [4.78, 5) is 15.9. The Labute approximate surface area is 133 Å². The number of hydrogen-bond donors (Lipinski definition) is 1. The third-order valence-electron chi connectivity index (χ3n) is 3.97. The number of amides is 1. The molecule has 5 nitrogen and oxygen atoms in total. The van der Waals surface area contributed by atoms with Gasteiger partial charge in [0.2, 0.25) is 5.91 Å². The Kier molecular flexibility index (Phi) is 6.68. The Morgan fingerprint density at radius 3 is 2.36 bits per heavy atom. The lowest BCUT2D eigenvalue weighted by molar-refractivity contribution is -0.114. The molecule has 0 bridgehead atoms. The Bertz CT molecular complexity index is 453. The molecule has 122 valence electrons. The Hall–Kier alpha value is -1.59. The fraction of sp³-hybridized carbons (Fsp3) is 0.588. The van der Waals surface area contributed by atoms with Gasteiger partial charge in [0, 0.05) is 45.3 Å². The van der Waals surface area contributed by atoms with Crippen LogP contribution in [0.5, 0.6) is 5.75 Å². The Balaban J connectivity index is 1.61. The van der Waals surface area contributed by atoms with Crippen molar-refractivity contribution in [3.8, 4) is 5.75 Å². The summed E-state index contributed by atoms with van der Waals surface area (Å²) in [7, 11) is 0. The molecule has 0 aliphatic carbocycles. The maximum Gasteiger partial charge on any atom is 0.221 e. The van der Waals surface area contributed by atoms with Gasteiger partial charge in [0.15, 0.2) is 0 Å². The molecule has 0 spiro atoms. The second-order valence-electron chi connectivity index (χ2n) is 5.68. The normalized spacial score (nSPS) is 16.5. The molecule has 0 saturated carbocycles. The van der Waals surface area contributed by atoms with Crippen molar-refractivity contribution in [1.29, 1.82) is 0 Å². The topological polar surface area (TPSA) is 44.8 Å². The zero-order chi connectivity index (χ0) is 15.8. The molecule has 1 amide bonds. The lowest BCUT2D eigenvalue weighted by atomic mass is 10.3. The number of hydrogen-bond acceptors (Lipinski definition) is 4. The van der Waals surface area contributed by atoms with Crippen LogP contribution < -0.4 is 10.1 Å². The molecular formula is C17H27N3O2. The van der Waals surface area contributed by atoms with Gasteiger partial charge in [0.25, 0.3) is 0 Å². The van der Waals surface area contributed by atoms with Gasteiger partial charge in [0.1, 0.15) is 5.75 Å². The van der Waals surface area contributed by atoms with Crippen LogP contribution in [0.25, 0.3) is 0 Å². The molecule has 0 aromatic heterocycles. The molecule has 22 heavy (non-hydrogen) atoms. The number of ether oxygens (including phenoxy) is 1. The number of carbonyl (C=O) groups is 1. The minimum Gasteiger partial charge on any atom is -0.494 e. The van der Waals surface area contributed by atoms with Crippen LogP contribution in [0.4, 0.5) is 5.69 Å². The van der Waals surface area contributed by atoms with Crippen molar-refractivity contribution in [2.24, 2.45) is 0 Å². The van der Waals surface area contributed by atoms with Gasteiger partial charge in [-0.25, -0.2) is 0 Å². The summed E-state index contributed by atoms with van der Waals surface area (Å²) >= 11 is 0. The molecule has 0 radical (unpaired) electrons. The quantitative estimate of drug-likeness (QED) is 0.783. The van der Waals surface area contributed by atoms with Crippen molar-refractivity contribution in [2.45, 2.75) is 20.3 Å². The molecule has 1 aromatic rings. The zero-order valence-electron chi connectivity index (χ0n) is 13.7. The monoisotopic (exact) mass is 305 g/mol. The highest BCUT2D eigenvalue weighted by Gasteiger charge is 2.14. The Morgan fingerprint density at radius 2 is 1.77 bits per heavy atom. The summed E-state index contributed by atoms with van der Waals surface area (Å²) < 4.78 is 5.75. The molecule has 1 heterocycles. The zero-order valence-corrected chi connectivity index (χ0v) is 13.7. The number of carbonyl (C=O) groups excluding carboxylic acids is 1. The first kappa shape index (κ1) is 16.8. The van der Waals surface area contributed by atoms with Crippen LogP contribution in [-0.4, -0.2) is 61.6 Å². The van der Waals surface area contributed by atoms with Crippen LogP contribution in [0.3, 0.4) is 0 Å². The second-order valence-corrected chi connectivity index (χ2v) is 5.68. The van der Waals surface area contributed by atoms with Crippen LogP contribution in [-0.2, 0) is 4.79 Å². The van der Waals surface area contributed by atoms with E-state index in [1.165, 1.54) is 33.1 Å². The van der Waals surface area contributed by atoms with Crippen molar-refractivity contribution in [2.75, 3.05) is 51.2 Å². The first-order valence-corrected chi connectivity index (χ1v) is 8.12. The predicted octanol–water partition coefficient (Wildman–Crippen LogP) is 2.05. The van der Waals surface area contributed by atoms with E-state index < -0.39 is 0 Å². The van der Waals surface area contributed by atoms with E-state index in [2.05, 4.69) is 22.0 Å².